The van der Waals surface area contributed by atoms with Gasteiger partial charge in [0.1, 0.15) is 0 Å². The van der Waals surface area contributed by atoms with Crippen molar-refractivity contribution in [1.29, 1.82) is 0 Å². The SMILES string of the molecule is O=C(NCCO)N1CCCN(c2ccc(Br)cc2)CC1. The lowest BCUT2D eigenvalue weighted by atomic mass is 10.3. The van der Waals surface area contributed by atoms with Crippen molar-refractivity contribution in [3.05, 3.63) is 28.7 Å². The van der Waals surface area contributed by atoms with E-state index in [1.807, 2.05) is 17.0 Å². The number of anilines is 1. The molecule has 1 aromatic rings. The van der Waals surface area contributed by atoms with E-state index in [4.69, 9.17) is 5.11 Å². The molecule has 110 valence electrons. The Morgan fingerprint density at radius 3 is 2.65 bits per heavy atom. The Labute approximate surface area is 127 Å². The van der Waals surface area contributed by atoms with E-state index in [9.17, 15) is 4.79 Å². The highest BCUT2D eigenvalue weighted by Gasteiger charge is 2.18. The van der Waals surface area contributed by atoms with Gasteiger partial charge in [-0.2, -0.15) is 0 Å². The normalized spacial score (nSPS) is 15.9. The molecule has 1 saturated heterocycles. The average Bonchev–Trinajstić information content (AvgIpc) is 2.71. The number of nitrogens with zero attached hydrogens (tertiary/aromatic N) is 2. The van der Waals surface area contributed by atoms with Crippen LogP contribution in [0.2, 0.25) is 0 Å². The Morgan fingerprint density at radius 1 is 1.20 bits per heavy atom. The molecular weight excluding hydrogens is 322 g/mol. The lowest BCUT2D eigenvalue weighted by molar-refractivity contribution is 0.197. The Balaban J connectivity index is 1.91. The second-order valence-corrected chi connectivity index (χ2v) is 5.68. The molecule has 1 aromatic carbocycles. The van der Waals surface area contributed by atoms with Crippen LogP contribution in [0.1, 0.15) is 6.42 Å². The van der Waals surface area contributed by atoms with Crippen molar-refractivity contribution in [1.82, 2.24) is 10.2 Å². The van der Waals surface area contributed by atoms with Crippen LogP contribution in [-0.2, 0) is 0 Å². The number of hydrogen-bond donors (Lipinski definition) is 2. The summed E-state index contributed by atoms with van der Waals surface area (Å²) in [5.74, 6) is 0. The number of aliphatic hydroxyl groups excluding tert-OH is 1. The number of aliphatic hydroxyl groups is 1. The summed E-state index contributed by atoms with van der Waals surface area (Å²) in [6.45, 7) is 3.52. The minimum absolute atomic E-state index is 0.0232. The summed E-state index contributed by atoms with van der Waals surface area (Å²) in [4.78, 5) is 16.0. The fourth-order valence-electron chi connectivity index (χ4n) is 2.31. The van der Waals surface area contributed by atoms with Gasteiger partial charge in [0.05, 0.1) is 6.61 Å². The fourth-order valence-corrected chi connectivity index (χ4v) is 2.57. The van der Waals surface area contributed by atoms with Crippen LogP contribution in [0.4, 0.5) is 10.5 Å². The van der Waals surface area contributed by atoms with Crippen molar-refractivity contribution < 1.29 is 9.90 Å². The molecule has 1 heterocycles. The molecule has 0 atom stereocenters. The maximum absolute atomic E-state index is 11.9. The van der Waals surface area contributed by atoms with Gasteiger partial charge in [-0.05, 0) is 30.7 Å². The minimum Gasteiger partial charge on any atom is -0.395 e. The number of benzene rings is 1. The Bertz CT molecular complexity index is 439. The summed E-state index contributed by atoms with van der Waals surface area (Å²) in [5.41, 5.74) is 1.19. The molecule has 0 aromatic heterocycles. The smallest absolute Gasteiger partial charge is 0.317 e. The predicted octanol–water partition coefficient (Wildman–Crippen LogP) is 1.66. The van der Waals surface area contributed by atoms with Crippen molar-refractivity contribution in [3.63, 3.8) is 0 Å². The molecule has 0 bridgehead atoms. The van der Waals surface area contributed by atoms with Gasteiger partial charge in [0, 0.05) is 42.9 Å². The summed E-state index contributed by atoms with van der Waals surface area (Å²) in [5, 5.41) is 11.4. The zero-order chi connectivity index (χ0) is 14.4. The van der Waals surface area contributed by atoms with E-state index >= 15 is 0 Å². The molecule has 0 aliphatic carbocycles. The third-order valence-electron chi connectivity index (χ3n) is 3.36. The van der Waals surface area contributed by atoms with E-state index in [0.717, 1.165) is 30.5 Å². The third-order valence-corrected chi connectivity index (χ3v) is 3.89. The Hall–Kier alpha value is -1.27. The first-order valence-corrected chi connectivity index (χ1v) is 7.64. The summed E-state index contributed by atoms with van der Waals surface area (Å²) >= 11 is 3.44. The van der Waals surface area contributed by atoms with Gasteiger partial charge in [0.2, 0.25) is 0 Å². The topological polar surface area (TPSA) is 55.8 Å². The molecule has 0 saturated carbocycles. The molecule has 2 N–H and O–H groups in total. The van der Waals surface area contributed by atoms with Crippen molar-refractivity contribution in [2.75, 3.05) is 44.2 Å². The van der Waals surface area contributed by atoms with Crippen LogP contribution in [-0.4, -0.2) is 55.4 Å². The number of urea groups is 1. The molecular formula is C14H20BrN3O2. The fraction of sp³-hybridized carbons (Fsp3) is 0.500. The highest BCUT2D eigenvalue weighted by Crippen LogP contribution is 2.19. The van der Waals surface area contributed by atoms with E-state index in [-0.39, 0.29) is 12.6 Å². The summed E-state index contributed by atoms with van der Waals surface area (Å²) < 4.78 is 1.07. The van der Waals surface area contributed by atoms with Crippen molar-refractivity contribution >= 4 is 27.6 Å². The molecule has 2 rings (SSSR count). The monoisotopic (exact) mass is 341 g/mol. The van der Waals surface area contributed by atoms with Crippen LogP contribution in [0, 0.1) is 0 Å². The van der Waals surface area contributed by atoms with Crippen LogP contribution >= 0.6 is 15.9 Å². The van der Waals surface area contributed by atoms with E-state index in [1.54, 1.807) is 0 Å². The Kier molecular flexibility index (Phi) is 5.67. The van der Waals surface area contributed by atoms with Gasteiger partial charge < -0.3 is 20.2 Å². The number of halogens is 1. The van der Waals surface area contributed by atoms with Crippen LogP contribution in [0.25, 0.3) is 0 Å². The molecule has 0 unspecified atom stereocenters. The average molecular weight is 342 g/mol. The van der Waals surface area contributed by atoms with Crippen LogP contribution in [0.5, 0.6) is 0 Å². The summed E-state index contributed by atoms with van der Waals surface area (Å²) in [7, 11) is 0. The number of rotatable bonds is 3. The van der Waals surface area contributed by atoms with Gasteiger partial charge in [0.25, 0.3) is 0 Å². The first-order chi connectivity index (χ1) is 9.70. The maximum Gasteiger partial charge on any atom is 0.317 e. The van der Waals surface area contributed by atoms with Crippen molar-refractivity contribution in [3.8, 4) is 0 Å². The lowest BCUT2D eigenvalue weighted by Gasteiger charge is -2.23. The molecule has 20 heavy (non-hydrogen) atoms. The van der Waals surface area contributed by atoms with Crippen molar-refractivity contribution in [2.45, 2.75) is 6.42 Å². The molecule has 6 heteroatoms. The van der Waals surface area contributed by atoms with Crippen molar-refractivity contribution in [2.24, 2.45) is 0 Å². The van der Waals surface area contributed by atoms with Gasteiger partial charge in [-0.1, -0.05) is 15.9 Å². The largest absolute Gasteiger partial charge is 0.395 e. The number of amides is 2. The molecule has 1 aliphatic rings. The second-order valence-electron chi connectivity index (χ2n) is 4.76. The molecule has 5 nitrogen and oxygen atoms in total. The molecule has 0 radical (unpaired) electrons. The maximum atomic E-state index is 11.9. The summed E-state index contributed by atoms with van der Waals surface area (Å²) in [6, 6.07) is 8.16. The number of carbonyl (C=O) groups is 1. The molecule has 1 fully saturated rings. The van der Waals surface area contributed by atoms with E-state index in [1.165, 1.54) is 5.69 Å². The summed E-state index contributed by atoms with van der Waals surface area (Å²) in [6.07, 6.45) is 0.947. The van der Waals surface area contributed by atoms with Gasteiger partial charge in [-0.25, -0.2) is 4.79 Å². The number of nitrogens with one attached hydrogen (secondary N) is 1. The highest BCUT2D eigenvalue weighted by atomic mass is 79.9. The van der Waals surface area contributed by atoms with Crippen LogP contribution in [0.3, 0.4) is 0 Å². The quantitative estimate of drug-likeness (QED) is 0.879. The first-order valence-electron chi connectivity index (χ1n) is 6.85. The van der Waals surface area contributed by atoms with E-state index < -0.39 is 0 Å². The van der Waals surface area contributed by atoms with Gasteiger partial charge >= 0.3 is 6.03 Å². The minimum atomic E-state index is -0.0864. The standard InChI is InChI=1S/C14H20BrN3O2/c15-12-2-4-13(5-3-12)17-7-1-8-18(10-9-17)14(20)16-6-11-19/h2-5,19H,1,6-11H2,(H,16,20). The van der Waals surface area contributed by atoms with E-state index in [2.05, 4.69) is 38.3 Å². The molecule has 0 spiro atoms. The predicted molar refractivity (Wildman–Crippen MR) is 83.0 cm³/mol. The Morgan fingerprint density at radius 2 is 1.95 bits per heavy atom. The second kappa shape index (κ2) is 7.50. The zero-order valence-electron chi connectivity index (χ0n) is 11.4. The zero-order valence-corrected chi connectivity index (χ0v) is 13.0. The van der Waals surface area contributed by atoms with Gasteiger partial charge in [-0.3, -0.25) is 0 Å². The van der Waals surface area contributed by atoms with Gasteiger partial charge in [0.15, 0.2) is 0 Å². The first kappa shape index (κ1) is 15.1. The number of hydrogen-bond acceptors (Lipinski definition) is 3. The van der Waals surface area contributed by atoms with Gasteiger partial charge in [-0.15, -0.1) is 0 Å². The third kappa shape index (κ3) is 4.11. The number of carbonyl (C=O) groups excluding carboxylic acids is 1. The van der Waals surface area contributed by atoms with Crippen LogP contribution < -0.4 is 10.2 Å². The molecule has 1 aliphatic heterocycles. The van der Waals surface area contributed by atoms with Crippen LogP contribution in [0.15, 0.2) is 28.7 Å². The highest BCUT2D eigenvalue weighted by molar-refractivity contribution is 9.10. The van der Waals surface area contributed by atoms with E-state index in [0.29, 0.717) is 13.1 Å². The lowest BCUT2D eigenvalue weighted by Crippen LogP contribution is -2.42. The molecule has 2 amide bonds.